The highest BCUT2D eigenvalue weighted by Gasteiger charge is 2.49. The lowest BCUT2D eigenvalue weighted by molar-refractivity contribution is -0.132. The molecule has 1 saturated heterocycles. The number of aliphatic hydroxyl groups excluding tert-OH is 1. The number of imidazole rings is 1. The van der Waals surface area contributed by atoms with E-state index in [9.17, 15) is 14.7 Å². The van der Waals surface area contributed by atoms with Crippen molar-refractivity contribution in [1.29, 1.82) is 0 Å². The summed E-state index contributed by atoms with van der Waals surface area (Å²) in [5.74, 6) is -2.02. The van der Waals surface area contributed by atoms with E-state index in [4.69, 9.17) is 27.9 Å². The number of fused-ring (bicyclic) bond motifs is 1. The molecular formula is C24H16Cl2N4O4. The van der Waals surface area contributed by atoms with Crippen LogP contribution in [0, 0.1) is 0 Å². The number of para-hydroxylation sites is 2. The quantitative estimate of drug-likeness (QED) is 0.237. The minimum Gasteiger partial charge on any atom is -0.507 e. The van der Waals surface area contributed by atoms with Gasteiger partial charge in [-0.15, -0.1) is 0 Å². The minimum atomic E-state index is -1.07. The lowest BCUT2D eigenvalue weighted by atomic mass is 9.98. The molecule has 34 heavy (non-hydrogen) atoms. The van der Waals surface area contributed by atoms with Crippen LogP contribution in [0.25, 0.3) is 16.8 Å². The lowest BCUT2D eigenvalue weighted by Gasteiger charge is -2.22. The van der Waals surface area contributed by atoms with Crippen LogP contribution >= 0.6 is 23.2 Å². The fourth-order valence-corrected chi connectivity index (χ4v) is 4.58. The Labute approximate surface area is 203 Å². The number of benzene rings is 2. The Hall–Kier alpha value is -3.88. The van der Waals surface area contributed by atoms with Gasteiger partial charge in [-0.3, -0.25) is 19.5 Å². The van der Waals surface area contributed by atoms with Gasteiger partial charge < -0.3 is 14.8 Å². The second-order valence-electron chi connectivity index (χ2n) is 7.47. The number of carbonyl (C=O) groups is 2. The average molecular weight is 495 g/mol. The van der Waals surface area contributed by atoms with Gasteiger partial charge in [-0.1, -0.05) is 41.4 Å². The third-order valence-corrected chi connectivity index (χ3v) is 5.98. The molecule has 8 nitrogen and oxygen atoms in total. The molecule has 170 valence electrons. The van der Waals surface area contributed by atoms with Crippen molar-refractivity contribution in [2.24, 2.45) is 0 Å². The number of amides is 1. The maximum atomic E-state index is 13.3. The zero-order valence-electron chi connectivity index (χ0n) is 17.6. The Kier molecular flexibility index (Phi) is 5.47. The van der Waals surface area contributed by atoms with Crippen molar-refractivity contribution in [2.75, 3.05) is 12.0 Å². The number of halogens is 2. The Morgan fingerprint density at radius 1 is 1.12 bits per heavy atom. The van der Waals surface area contributed by atoms with Gasteiger partial charge in [0.15, 0.2) is 0 Å². The summed E-state index contributed by atoms with van der Waals surface area (Å²) in [4.78, 5) is 39.6. The molecule has 2 aromatic heterocycles. The van der Waals surface area contributed by atoms with Gasteiger partial charge in [0, 0.05) is 11.2 Å². The number of hydrogen-bond acceptors (Lipinski definition) is 6. The number of nitrogens with one attached hydrogen (secondary N) is 1. The van der Waals surface area contributed by atoms with Gasteiger partial charge in [-0.2, -0.15) is 0 Å². The summed E-state index contributed by atoms with van der Waals surface area (Å²) >= 11 is 12.4. The van der Waals surface area contributed by atoms with Gasteiger partial charge in [0.2, 0.25) is 5.95 Å². The number of ether oxygens (including phenoxy) is 1. The number of H-pyrrole nitrogens is 1. The number of pyridine rings is 1. The van der Waals surface area contributed by atoms with Crippen LogP contribution in [0.1, 0.15) is 17.3 Å². The van der Waals surface area contributed by atoms with Gasteiger partial charge >= 0.3 is 5.91 Å². The van der Waals surface area contributed by atoms with Gasteiger partial charge in [0.1, 0.15) is 17.6 Å². The molecule has 0 radical (unpaired) electrons. The van der Waals surface area contributed by atoms with E-state index < -0.39 is 23.5 Å². The number of aliphatic hydroxyl groups is 1. The van der Waals surface area contributed by atoms with Crippen molar-refractivity contribution in [3.05, 3.63) is 87.7 Å². The second kappa shape index (κ2) is 8.48. The summed E-state index contributed by atoms with van der Waals surface area (Å²) in [6.07, 6.45) is 1.53. The van der Waals surface area contributed by atoms with E-state index in [1.807, 2.05) is 12.1 Å². The fraction of sp³-hybridized carbons (Fsp3) is 0.0833. The molecule has 2 aromatic carbocycles. The van der Waals surface area contributed by atoms with E-state index in [2.05, 4.69) is 15.0 Å². The molecule has 5 rings (SSSR count). The predicted octanol–water partition coefficient (Wildman–Crippen LogP) is 4.90. The van der Waals surface area contributed by atoms with E-state index in [-0.39, 0.29) is 32.9 Å². The molecule has 3 heterocycles. The molecule has 2 N–H and O–H groups in total. The van der Waals surface area contributed by atoms with Crippen LogP contribution in [0.15, 0.2) is 66.4 Å². The predicted molar refractivity (Wildman–Crippen MR) is 128 cm³/mol. The number of ketones is 1. The number of Topliss-reactive ketones (excluding diaryl/α,β-unsaturated/α-hetero) is 1. The zero-order chi connectivity index (χ0) is 24.0. The number of aromatic amines is 1. The van der Waals surface area contributed by atoms with E-state index in [0.29, 0.717) is 16.7 Å². The molecule has 1 amide bonds. The normalized spacial score (nSPS) is 17.5. The van der Waals surface area contributed by atoms with Crippen molar-refractivity contribution in [2.45, 2.75) is 6.04 Å². The number of rotatable bonds is 4. The van der Waals surface area contributed by atoms with Crippen LogP contribution in [-0.2, 0) is 9.59 Å². The number of aromatic nitrogens is 3. The largest absolute Gasteiger partial charge is 0.507 e. The summed E-state index contributed by atoms with van der Waals surface area (Å²) in [5, 5.41) is 11.7. The third kappa shape index (κ3) is 3.48. The van der Waals surface area contributed by atoms with Crippen LogP contribution in [0.5, 0.6) is 5.75 Å². The molecular weight excluding hydrogens is 479 g/mol. The molecule has 0 spiro atoms. The molecule has 1 aliphatic heterocycles. The van der Waals surface area contributed by atoms with E-state index in [1.54, 1.807) is 30.3 Å². The molecule has 1 fully saturated rings. The third-order valence-electron chi connectivity index (χ3n) is 5.49. The maximum Gasteiger partial charge on any atom is 0.302 e. The molecule has 1 atom stereocenters. The Balaban J connectivity index is 1.77. The lowest BCUT2D eigenvalue weighted by Crippen LogP contribution is -2.30. The first-order valence-electron chi connectivity index (χ1n) is 10.1. The summed E-state index contributed by atoms with van der Waals surface area (Å²) in [7, 11) is 1.37. The van der Waals surface area contributed by atoms with Crippen molar-refractivity contribution in [1.82, 2.24) is 15.0 Å². The van der Waals surface area contributed by atoms with Crippen molar-refractivity contribution in [3.8, 4) is 5.75 Å². The van der Waals surface area contributed by atoms with E-state index in [1.165, 1.54) is 30.3 Å². The zero-order valence-corrected chi connectivity index (χ0v) is 19.1. The molecule has 4 aromatic rings. The van der Waals surface area contributed by atoms with Crippen molar-refractivity contribution in [3.63, 3.8) is 0 Å². The van der Waals surface area contributed by atoms with Crippen molar-refractivity contribution >= 4 is 57.6 Å². The smallest absolute Gasteiger partial charge is 0.302 e. The molecule has 1 aliphatic rings. The number of anilines is 1. The van der Waals surface area contributed by atoms with Crippen LogP contribution in [0.3, 0.4) is 0 Å². The summed E-state index contributed by atoms with van der Waals surface area (Å²) < 4.78 is 5.34. The second-order valence-corrected chi connectivity index (χ2v) is 8.31. The van der Waals surface area contributed by atoms with Gasteiger partial charge in [0.05, 0.1) is 40.0 Å². The van der Waals surface area contributed by atoms with Crippen LogP contribution in [-0.4, -0.2) is 38.9 Å². The Morgan fingerprint density at radius 2 is 1.88 bits per heavy atom. The molecule has 10 heteroatoms. The van der Waals surface area contributed by atoms with Gasteiger partial charge in [-0.25, -0.2) is 4.98 Å². The summed E-state index contributed by atoms with van der Waals surface area (Å²) in [6.45, 7) is 0. The molecule has 1 unspecified atom stereocenters. The first-order chi connectivity index (χ1) is 16.4. The SMILES string of the molecule is COc1c(Cl)cc(Cl)cc1/C(O)=C1\C(=O)C(=O)N(c2nc3ccccc3[nH]2)C1c1ccccn1. The van der Waals surface area contributed by atoms with E-state index in [0.717, 1.165) is 0 Å². The molecule has 0 bridgehead atoms. The highest BCUT2D eigenvalue weighted by Crippen LogP contribution is 2.44. The highest BCUT2D eigenvalue weighted by atomic mass is 35.5. The highest BCUT2D eigenvalue weighted by molar-refractivity contribution is 6.51. The maximum absolute atomic E-state index is 13.3. The van der Waals surface area contributed by atoms with Crippen molar-refractivity contribution < 1.29 is 19.4 Å². The summed E-state index contributed by atoms with van der Waals surface area (Å²) in [6, 6.07) is 14.1. The first kappa shape index (κ1) is 21.9. The fourth-order valence-electron chi connectivity index (χ4n) is 4.01. The average Bonchev–Trinajstić information content (AvgIpc) is 3.37. The van der Waals surface area contributed by atoms with Gasteiger partial charge in [0.25, 0.3) is 5.78 Å². The number of methoxy groups -OCH3 is 1. The standard InChI is InChI=1S/C24H16Cl2N4O4/c1-34-22-13(10-12(25)11-14(22)26)20(31)18-19(17-8-4-5-9-27-17)30(23(33)21(18)32)24-28-15-6-2-3-7-16(15)29-24/h2-11,19,31H,1H3,(H,28,29)/b20-18+. The van der Waals surface area contributed by atoms with Crippen LogP contribution in [0.2, 0.25) is 10.0 Å². The first-order valence-corrected chi connectivity index (χ1v) is 10.9. The Morgan fingerprint density at radius 3 is 2.59 bits per heavy atom. The summed E-state index contributed by atoms with van der Waals surface area (Å²) in [5.41, 5.74) is 1.53. The monoisotopic (exact) mass is 494 g/mol. The van der Waals surface area contributed by atoms with Crippen LogP contribution < -0.4 is 9.64 Å². The number of hydrogen-bond donors (Lipinski definition) is 2. The van der Waals surface area contributed by atoms with Gasteiger partial charge in [-0.05, 0) is 36.4 Å². The number of carbonyl (C=O) groups excluding carboxylic acids is 2. The van der Waals surface area contributed by atoms with E-state index >= 15 is 0 Å². The minimum absolute atomic E-state index is 0.0727. The van der Waals surface area contributed by atoms with Crippen LogP contribution in [0.4, 0.5) is 5.95 Å². The molecule has 0 saturated carbocycles. The Bertz CT molecular complexity index is 1450. The topological polar surface area (TPSA) is 108 Å². The molecule has 0 aliphatic carbocycles. The number of nitrogens with zero attached hydrogens (tertiary/aromatic N) is 3.